The molecule has 2 aromatic carbocycles. The van der Waals surface area contributed by atoms with E-state index in [9.17, 15) is 14.4 Å². The van der Waals surface area contributed by atoms with E-state index in [0.29, 0.717) is 52.8 Å². The van der Waals surface area contributed by atoms with Crippen LogP contribution in [0.5, 0.6) is 17.2 Å². The SMILES string of the molecule is CC[C@H](C)[C@H](Nc1ccc2c(cc1=O)[C@@H](NC(C)=O)CCc1cc(OC)c(OC)c(OC)c1-2)C(=O)Nc1nc(C)c(C)s1. The lowest BCUT2D eigenvalue weighted by molar-refractivity contribution is -0.120. The topological polar surface area (TPSA) is 128 Å². The van der Waals surface area contributed by atoms with Crippen LogP contribution < -0.4 is 35.6 Å². The summed E-state index contributed by atoms with van der Waals surface area (Å²) in [5.41, 5.74) is 3.89. The quantitative estimate of drug-likeness (QED) is 0.279. The summed E-state index contributed by atoms with van der Waals surface area (Å²) in [6.07, 6.45) is 1.86. The van der Waals surface area contributed by atoms with Crippen LogP contribution in [0.15, 0.2) is 29.1 Å². The van der Waals surface area contributed by atoms with E-state index < -0.39 is 12.1 Å². The Morgan fingerprint density at radius 1 is 1.09 bits per heavy atom. The van der Waals surface area contributed by atoms with Crippen molar-refractivity contribution in [3.8, 4) is 28.4 Å². The summed E-state index contributed by atoms with van der Waals surface area (Å²) in [6.45, 7) is 9.28. The molecule has 0 aliphatic heterocycles. The van der Waals surface area contributed by atoms with E-state index in [0.717, 1.165) is 21.7 Å². The molecule has 0 radical (unpaired) electrons. The number of hydrogen-bond donors (Lipinski definition) is 3. The maximum atomic E-state index is 13.8. The van der Waals surface area contributed by atoms with Crippen LogP contribution in [-0.2, 0) is 16.0 Å². The number of methoxy groups -OCH3 is 3. The zero-order chi connectivity index (χ0) is 31.4. The first-order chi connectivity index (χ1) is 20.5. The largest absolute Gasteiger partial charge is 0.493 e. The summed E-state index contributed by atoms with van der Waals surface area (Å²) in [4.78, 5) is 45.0. The van der Waals surface area contributed by atoms with Crippen molar-refractivity contribution in [3.05, 3.63) is 56.2 Å². The van der Waals surface area contributed by atoms with Gasteiger partial charge in [-0.2, -0.15) is 0 Å². The number of ether oxygens (including phenoxy) is 3. The fraction of sp³-hybridized carbons (Fsp3) is 0.438. The van der Waals surface area contributed by atoms with Gasteiger partial charge in [-0.15, -0.1) is 11.3 Å². The monoisotopic (exact) mass is 608 g/mol. The van der Waals surface area contributed by atoms with Crippen molar-refractivity contribution in [2.45, 2.75) is 66.0 Å². The van der Waals surface area contributed by atoms with Crippen LogP contribution >= 0.6 is 11.3 Å². The summed E-state index contributed by atoms with van der Waals surface area (Å²) in [7, 11) is 4.67. The average Bonchev–Trinajstić information content (AvgIpc) is 3.11. The Hall–Kier alpha value is -4.12. The third-order valence-corrected chi connectivity index (χ3v) is 8.97. The van der Waals surface area contributed by atoms with Gasteiger partial charge in [-0.3, -0.25) is 14.4 Å². The number of anilines is 2. The second-order valence-corrected chi connectivity index (χ2v) is 12.0. The number of carbonyl (C=O) groups is 2. The van der Waals surface area contributed by atoms with Crippen LogP contribution in [0, 0.1) is 19.8 Å². The van der Waals surface area contributed by atoms with Gasteiger partial charge < -0.3 is 30.2 Å². The molecule has 43 heavy (non-hydrogen) atoms. The molecular formula is C32H40N4O6S. The molecule has 11 heteroatoms. The van der Waals surface area contributed by atoms with Gasteiger partial charge in [0.25, 0.3) is 0 Å². The molecule has 1 aliphatic carbocycles. The minimum atomic E-state index is -0.693. The van der Waals surface area contributed by atoms with Crippen molar-refractivity contribution in [3.63, 3.8) is 0 Å². The summed E-state index contributed by atoms with van der Waals surface area (Å²) in [6, 6.07) is 5.86. The van der Waals surface area contributed by atoms with E-state index in [-0.39, 0.29) is 28.8 Å². The van der Waals surface area contributed by atoms with E-state index in [1.54, 1.807) is 33.5 Å². The Balaban J connectivity index is 1.86. The second kappa shape index (κ2) is 13.5. The summed E-state index contributed by atoms with van der Waals surface area (Å²) in [5, 5.41) is 9.70. The van der Waals surface area contributed by atoms with Crippen LogP contribution in [-0.4, -0.2) is 44.2 Å². The molecule has 2 amide bonds. The maximum Gasteiger partial charge on any atom is 0.248 e. The van der Waals surface area contributed by atoms with E-state index in [1.807, 2.05) is 39.8 Å². The molecule has 1 aliphatic rings. The predicted molar refractivity (Wildman–Crippen MR) is 170 cm³/mol. The molecule has 230 valence electrons. The molecule has 1 aromatic heterocycles. The maximum absolute atomic E-state index is 13.8. The lowest BCUT2D eigenvalue weighted by Gasteiger charge is -2.23. The van der Waals surface area contributed by atoms with Crippen molar-refractivity contribution in [2.24, 2.45) is 5.92 Å². The van der Waals surface area contributed by atoms with Crippen LogP contribution in [0.25, 0.3) is 11.1 Å². The van der Waals surface area contributed by atoms with Crippen molar-refractivity contribution in [1.82, 2.24) is 10.3 Å². The molecule has 0 saturated carbocycles. The number of rotatable bonds is 10. The molecule has 4 rings (SSSR count). The zero-order valence-electron chi connectivity index (χ0n) is 26.0. The van der Waals surface area contributed by atoms with Crippen LogP contribution in [0.1, 0.15) is 61.4 Å². The van der Waals surface area contributed by atoms with Gasteiger partial charge in [0.2, 0.25) is 23.0 Å². The van der Waals surface area contributed by atoms with Crippen molar-refractivity contribution >= 4 is 34.0 Å². The molecule has 3 N–H and O–H groups in total. The molecule has 0 unspecified atom stereocenters. The fourth-order valence-corrected chi connectivity index (χ4v) is 6.22. The molecule has 1 heterocycles. The summed E-state index contributed by atoms with van der Waals surface area (Å²) < 4.78 is 17.1. The van der Waals surface area contributed by atoms with E-state index in [4.69, 9.17) is 14.2 Å². The smallest absolute Gasteiger partial charge is 0.248 e. The third kappa shape index (κ3) is 6.61. The molecule has 3 atom stereocenters. The van der Waals surface area contributed by atoms with Crippen molar-refractivity contribution < 1.29 is 23.8 Å². The highest BCUT2D eigenvalue weighted by atomic mass is 32.1. The number of aromatic nitrogens is 1. The van der Waals surface area contributed by atoms with Crippen LogP contribution in [0.4, 0.5) is 10.8 Å². The number of benzene rings is 1. The number of nitrogens with zero attached hydrogens (tertiary/aromatic N) is 1. The van der Waals surface area contributed by atoms with Gasteiger partial charge in [-0.05, 0) is 67.5 Å². The minimum Gasteiger partial charge on any atom is -0.493 e. The predicted octanol–water partition coefficient (Wildman–Crippen LogP) is 5.40. The Labute approximate surface area is 256 Å². The standard InChI is InChI=1S/C32H40N4O6S/c1-9-16(2)28(31(39)36-32-33-17(3)18(4)43-32)35-24-13-11-21-22(15-25(24)38)23(34-19(5)37)12-10-20-14-26(40-6)29(41-7)30(42-8)27(20)21/h11,13-16,23,28H,9-10,12H2,1-8H3,(H,34,37)(H,35,38)(H,33,36,39)/t16-,23-,28-/m0/s1. The number of fused-ring (bicyclic) bond motifs is 3. The molecule has 3 aromatic rings. The fourth-order valence-electron chi connectivity index (χ4n) is 5.41. The van der Waals surface area contributed by atoms with E-state index in [1.165, 1.54) is 18.3 Å². The van der Waals surface area contributed by atoms with Gasteiger partial charge in [-0.1, -0.05) is 26.3 Å². The van der Waals surface area contributed by atoms with Gasteiger partial charge in [-0.25, -0.2) is 4.98 Å². The minimum absolute atomic E-state index is 0.0884. The molecule has 0 spiro atoms. The van der Waals surface area contributed by atoms with Gasteiger partial charge in [0.05, 0.1) is 38.8 Å². The summed E-state index contributed by atoms with van der Waals surface area (Å²) >= 11 is 1.42. The zero-order valence-corrected chi connectivity index (χ0v) is 26.8. The van der Waals surface area contributed by atoms with Gasteiger partial charge in [0.15, 0.2) is 16.6 Å². The van der Waals surface area contributed by atoms with Crippen molar-refractivity contribution in [2.75, 3.05) is 32.0 Å². The van der Waals surface area contributed by atoms with Gasteiger partial charge in [0, 0.05) is 17.4 Å². The van der Waals surface area contributed by atoms with E-state index >= 15 is 0 Å². The van der Waals surface area contributed by atoms with Crippen molar-refractivity contribution in [1.29, 1.82) is 0 Å². The number of aryl methyl sites for hydroxylation is 3. The highest BCUT2D eigenvalue weighted by Crippen LogP contribution is 2.50. The number of hydrogen-bond acceptors (Lipinski definition) is 9. The Bertz CT molecular complexity index is 1570. The highest BCUT2D eigenvalue weighted by molar-refractivity contribution is 7.15. The molecule has 10 nitrogen and oxygen atoms in total. The lowest BCUT2D eigenvalue weighted by atomic mass is 9.95. The van der Waals surface area contributed by atoms with E-state index in [2.05, 4.69) is 20.9 Å². The molecule has 0 saturated heterocycles. The number of amides is 2. The Morgan fingerprint density at radius 3 is 2.40 bits per heavy atom. The highest BCUT2D eigenvalue weighted by Gasteiger charge is 2.30. The number of carbonyl (C=O) groups excluding carboxylic acids is 2. The number of thiazole rings is 1. The van der Waals surface area contributed by atoms with Crippen LogP contribution in [0.3, 0.4) is 0 Å². The molecule has 0 bridgehead atoms. The first-order valence-electron chi connectivity index (χ1n) is 14.3. The molecular weight excluding hydrogens is 568 g/mol. The van der Waals surface area contributed by atoms with Crippen LogP contribution in [0.2, 0.25) is 0 Å². The summed E-state index contributed by atoms with van der Waals surface area (Å²) in [5.74, 6) is 0.868. The van der Waals surface area contributed by atoms with Gasteiger partial charge >= 0.3 is 0 Å². The Morgan fingerprint density at radius 2 is 1.81 bits per heavy atom. The average molecular weight is 609 g/mol. The Kier molecular flexibility index (Phi) is 9.95. The first-order valence-corrected chi connectivity index (χ1v) is 15.1. The lowest BCUT2D eigenvalue weighted by Crippen LogP contribution is -2.40. The second-order valence-electron chi connectivity index (χ2n) is 10.8. The normalized spacial score (nSPS) is 15.2. The molecule has 0 fully saturated rings. The third-order valence-electron chi connectivity index (χ3n) is 7.98. The van der Waals surface area contributed by atoms with Gasteiger partial charge in [0.1, 0.15) is 6.04 Å². The number of nitrogens with one attached hydrogen (secondary N) is 3. The first kappa shape index (κ1) is 31.8.